The summed E-state index contributed by atoms with van der Waals surface area (Å²) < 4.78 is 42.5. The van der Waals surface area contributed by atoms with Crippen molar-refractivity contribution in [3.05, 3.63) is 53.3 Å². The number of halogens is 3. The van der Waals surface area contributed by atoms with E-state index in [1.807, 2.05) is 0 Å². The van der Waals surface area contributed by atoms with E-state index in [2.05, 4.69) is 15.0 Å². The van der Waals surface area contributed by atoms with Crippen molar-refractivity contribution in [1.82, 2.24) is 4.98 Å². The van der Waals surface area contributed by atoms with Gasteiger partial charge < -0.3 is 10.1 Å². The number of alkyl halides is 3. The number of nitrogens with zero attached hydrogens (tertiary/aromatic N) is 1. The van der Waals surface area contributed by atoms with Crippen LogP contribution in [0.5, 0.6) is 0 Å². The number of carbonyl (C=O) groups is 1. The normalized spacial score (nSPS) is 11.1. The number of aryl methyl sites for hydroxylation is 1. The molecule has 2 aromatic rings. The highest BCUT2D eigenvalue weighted by atomic mass is 19.4. The fourth-order valence-corrected chi connectivity index (χ4v) is 1.87. The molecule has 4 nitrogen and oxygen atoms in total. The van der Waals surface area contributed by atoms with E-state index in [9.17, 15) is 18.0 Å². The summed E-state index contributed by atoms with van der Waals surface area (Å²) in [5.41, 5.74) is 0.953. The van der Waals surface area contributed by atoms with E-state index in [-0.39, 0.29) is 5.69 Å². The van der Waals surface area contributed by atoms with Gasteiger partial charge in [0.25, 0.3) is 0 Å². The average Bonchev–Trinajstić information content (AvgIpc) is 2.48. The molecule has 1 heterocycles. The fourth-order valence-electron chi connectivity index (χ4n) is 1.87. The highest BCUT2D eigenvalue weighted by Gasteiger charge is 2.32. The van der Waals surface area contributed by atoms with Crippen LogP contribution >= 0.6 is 0 Å². The van der Waals surface area contributed by atoms with Gasteiger partial charge in [-0.25, -0.2) is 4.79 Å². The highest BCUT2D eigenvalue weighted by molar-refractivity contribution is 5.90. The van der Waals surface area contributed by atoms with E-state index in [4.69, 9.17) is 0 Å². The van der Waals surface area contributed by atoms with Gasteiger partial charge in [0.2, 0.25) is 0 Å². The van der Waals surface area contributed by atoms with Gasteiger partial charge >= 0.3 is 12.1 Å². The van der Waals surface area contributed by atoms with E-state index in [0.717, 1.165) is 12.3 Å². The Morgan fingerprint density at radius 1 is 1.23 bits per heavy atom. The van der Waals surface area contributed by atoms with Crippen LogP contribution in [0.3, 0.4) is 0 Å². The van der Waals surface area contributed by atoms with Crippen molar-refractivity contribution in [3.63, 3.8) is 0 Å². The van der Waals surface area contributed by atoms with Gasteiger partial charge in [0, 0.05) is 17.6 Å². The highest BCUT2D eigenvalue weighted by Crippen LogP contribution is 2.30. The first-order valence-electron chi connectivity index (χ1n) is 6.30. The molecular weight excluding hydrogens is 297 g/mol. The number of ether oxygens (including phenoxy) is 1. The zero-order chi connectivity index (χ0) is 16.3. The lowest BCUT2D eigenvalue weighted by Gasteiger charge is -2.12. The summed E-state index contributed by atoms with van der Waals surface area (Å²) in [6, 6.07) is 7.10. The molecule has 0 aliphatic carbocycles. The maximum Gasteiger partial charge on any atom is 0.433 e. The number of methoxy groups -OCH3 is 1. The molecule has 0 radical (unpaired) electrons. The van der Waals surface area contributed by atoms with Crippen molar-refractivity contribution < 1.29 is 22.7 Å². The van der Waals surface area contributed by atoms with E-state index in [1.165, 1.54) is 19.2 Å². The third-order valence-electron chi connectivity index (χ3n) is 2.98. The summed E-state index contributed by atoms with van der Waals surface area (Å²) >= 11 is 0. The summed E-state index contributed by atoms with van der Waals surface area (Å²) in [6.45, 7) is 1.74. The fraction of sp³-hybridized carbons (Fsp3) is 0.200. The summed E-state index contributed by atoms with van der Waals surface area (Å²) in [7, 11) is 1.28. The number of rotatable bonds is 3. The lowest BCUT2D eigenvalue weighted by atomic mass is 10.1. The zero-order valence-corrected chi connectivity index (χ0v) is 11.9. The molecule has 0 saturated heterocycles. The SMILES string of the molecule is COC(=O)c1ccc(Nc2ccnc(C(F)(F)F)c2)c(C)c1. The minimum absolute atomic E-state index is 0.260. The van der Waals surface area contributed by atoms with E-state index in [1.54, 1.807) is 19.1 Å². The van der Waals surface area contributed by atoms with Crippen molar-refractivity contribution in [1.29, 1.82) is 0 Å². The molecule has 0 fully saturated rings. The summed E-state index contributed by atoms with van der Waals surface area (Å²) in [5, 5.41) is 2.88. The molecule has 0 aliphatic heterocycles. The van der Waals surface area contributed by atoms with Crippen LogP contribution in [-0.2, 0) is 10.9 Å². The second-order valence-electron chi connectivity index (χ2n) is 4.57. The van der Waals surface area contributed by atoms with Gasteiger partial charge in [-0.15, -0.1) is 0 Å². The monoisotopic (exact) mass is 310 g/mol. The van der Waals surface area contributed by atoms with Gasteiger partial charge in [-0.1, -0.05) is 0 Å². The minimum atomic E-state index is -4.50. The third kappa shape index (κ3) is 3.55. The lowest BCUT2D eigenvalue weighted by Crippen LogP contribution is -2.08. The van der Waals surface area contributed by atoms with Crippen LogP contribution in [0.1, 0.15) is 21.6 Å². The number of hydrogen-bond donors (Lipinski definition) is 1. The van der Waals surface area contributed by atoms with Crippen molar-refractivity contribution in [2.75, 3.05) is 12.4 Å². The summed E-state index contributed by atoms with van der Waals surface area (Å²) in [6.07, 6.45) is -3.41. The Labute approximate surface area is 124 Å². The molecule has 0 saturated carbocycles. The molecule has 0 bridgehead atoms. The number of hydrogen-bond acceptors (Lipinski definition) is 4. The maximum absolute atomic E-state index is 12.6. The van der Waals surface area contributed by atoms with Crippen LogP contribution in [0.4, 0.5) is 24.5 Å². The van der Waals surface area contributed by atoms with E-state index >= 15 is 0 Å². The Hall–Kier alpha value is -2.57. The molecule has 0 amide bonds. The van der Waals surface area contributed by atoms with Crippen molar-refractivity contribution >= 4 is 17.3 Å². The van der Waals surface area contributed by atoms with Crippen molar-refractivity contribution in [2.45, 2.75) is 13.1 Å². The predicted octanol–water partition coefficient (Wildman–Crippen LogP) is 3.94. The Morgan fingerprint density at radius 2 is 1.95 bits per heavy atom. The van der Waals surface area contributed by atoms with Gasteiger partial charge in [-0.05, 0) is 42.8 Å². The van der Waals surface area contributed by atoms with Crippen molar-refractivity contribution in [2.24, 2.45) is 0 Å². The number of nitrogens with one attached hydrogen (secondary N) is 1. The molecule has 0 unspecified atom stereocenters. The summed E-state index contributed by atoms with van der Waals surface area (Å²) in [5.74, 6) is -0.474. The Bertz CT molecular complexity index is 699. The molecule has 0 atom stereocenters. The molecule has 7 heteroatoms. The molecule has 1 N–H and O–H groups in total. The number of pyridine rings is 1. The smallest absolute Gasteiger partial charge is 0.433 e. The molecule has 116 valence electrons. The third-order valence-corrected chi connectivity index (χ3v) is 2.98. The Morgan fingerprint density at radius 3 is 2.55 bits per heavy atom. The van der Waals surface area contributed by atoms with Crippen LogP contribution in [0, 0.1) is 6.92 Å². The summed E-state index contributed by atoms with van der Waals surface area (Å²) in [4.78, 5) is 14.7. The Kier molecular flexibility index (Phi) is 4.35. The number of esters is 1. The Balaban J connectivity index is 2.26. The first-order chi connectivity index (χ1) is 10.3. The largest absolute Gasteiger partial charge is 0.465 e. The topological polar surface area (TPSA) is 51.2 Å². The predicted molar refractivity (Wildman–Crippen MR) is 75.0 cm³/mol. The molecule has 2 rings (SSSR count). The molecule has 1 aromatic carbocycles. The number of anilines is 2. The van der Waals surface area contributed by atoms with Crippen LogP contribution in [0.25, 0.3) is 0 Å². The lowest BCUT2D eigenvalue weighted by molar-refractivity contribution is -0.141. The van der Waals surface area contributed by atoms with Crippen LogP contribution in [-0.4, -0.2) is 18.1 Å². The number of aromatic nitrogens is 1. The average molecular weight is 310 g/mol. The minimum Gasteiger partial charge on any atom is -0.465 e. The maximum atomic E-state index is 12.6. The zero-order valence-electron chi connectivity index (χ0n) is 11.9. The molecular formula is C15H13F3N2O2. The van der Waals surface area contributed by atoms with Crippen LogP contribution in [0.2, 0.25) is 0 Å². The molecule has 22 heavy (non-hydrogen) atoms. The second kappa shape index (κ2) is 6.05. The first kappa shape index (κ1) is 15.8. The van der Waals surface area contributed by atoms with E-state index < -0.39 is 17.8 Å². The molecule has 1 aromatic heterocycles. The van der Waals surface area contributed by atoms with Gasteiger partial charge in [-0.3, -0.25) is 4.98 Å². The van der Waals surface area contributed by atoms with Gasteiger partial charge in [-0.2, -0.15) is 13.2 Å². The van der Waals surface area contributed by atoms with Gasteiger partial charge in [0.15, 0.2) is 0 Å². The van der Waals surface area contributed by atoms with Crippen LogP contribution < -0.4 is 5.32 Å². The number of carbonyl (C=O) groups excluding carboxylic acids is 1. The van der Waals surface area contributed by atoms with E-state index in [0.29, 0.717) is 16.8 Å². The number of benzene rings is 1. The van der Waals surface area contributed by atoms with Crippen molar-refractivity contribution in [3.8, 4) is 0 Å². The van der Waals surface area contributed by atoms with Gasteiger partial charge in [0.05, 0.1) is 12.7 Å². The first-order valence-corrected chi connectivity index (χ1v) is 6.30. The second-order valence-corrected chi connectivity index (χ2v) is 4.57. The molecule has 0 spiro atoms. The van der Waals surface area contributed by atoms with Gasteiger partial charge in [0.1, 0.15) is 5.69 Å². The standard InChI is InChI=1S/C15H13F3N2O2/c1-9-7-10(14(21)22-2)3-4-12(9)20-11-5-6-19-13(8-11)15(16,17)18/h3-8H,1-2H3,(H,19,20). The van der Waals surface area contributed by atoms with Crippen LogP contribution in [0.15, 0.2) is 36.5 Å². The quantitative estimate of drug-likeness (QED) is 0.873. The molecule has 0 aliphatic rings.